The summed E-state index contributed by atoms with van der Waals surface area (Å²) >= 11 is 0. The van der Waals surface area contributed by atoms with Crippen LogP contribution in [-0.2, 0) is 17.6 Å². The predicted octanol–water partition coefficient (Wildman–Crippen LogP) is 4.23. The number of hydrogen-bond acceptors (Lipinski definition) is 3. The SMILES string of the molecule is C=CCc1ccc2c(OC(C)=O)c(CC=C)ccc2c1OC. The Morgan fingerprint density at radius 1 is 1.00 bits per heavy atom. The average molecular weight is 296 g/mol. The van der Waals surface area contributed by atoms with Crippen LogP contribution in [0.5, 0.6) is 11.5 Å². The van der Waals surface area contributed by atoms with Crippen molar-refractivity contribution in [2.75, 3.05) is 7.11 Å². The van der Waals surface area contributed by atoms with E-state index in [0.717, 1.165) is 34.1 Å². The number of carbonyl (C=O) groups excluding carboxylic acids is 1. The highest BCUT2D eigenvalue weighted by atomic mass is 16.5. The summed E-state index contributed by atoms with van der Waals surface area (Å²) < 4.78 is 11.0. The molecule has 3 nitrogen and oxygen atoms in total. The number of allylic oxidation sites excluding steroid dienone is 2. The van der Waals surface area contributed by atoms with Crippen LogP contribution in [0.2, 0.25) is 0 Å². The summed E-state index contributed by atoms with van der Waals surface area (Å²) in [5.74, 6) is 1.02. The fraction of sp³-hybridized carbons (Fsp3) is 0.211. The normalized spacial score (nSPS) is 10.3. The van der Waals surface area contributed by atoms with Crippen molar-refractivity contribution in [1.29, 1.82) is 0 Å². The maximum Gasteiger partial charge on any atom is 0.308 e. The first-order valence-electron chi connectivity index (χ1n) is 7.14. The molecule has 0 N–H and O–H groups in total. The summed E-state index contributed by atoms with van der Waals surface area (Å²) in [6.45, 7) is 8.93. The number of ether oxygens (including phenoxy) is 2. The summed E-state index contributed by atoms with van der Waals surface area (Å²) in [5.41, 5.74) is 1.98. The Labute approximate surface area is 130 Å². The summed E-state index contributed by atoms with van der Waals surface area (Å²) in [5, 5.41) is 1.78. The summed E-state index contributed by atoms with van der Waals surface area (Å²) in [4.78, 5) is 11.4. The van der Waals surface area contributed by atoms with Crippen LogP contribution in [0.15, 0.2) is 49.6 Å². The summed E-state index contributed by atoms with van der Waals surface area (Å²) in [7, 11) is 1.64. The van der Waals surface area contributed by atoms with Gasteiger partial charge in [0.1, 0.15) is 11.5 Å². The fourth-order valence-electron chi connectivity index (χ4n) is 2.58. The van der Waals surface area contributed by atoms with Crippen molar-refractivity contribution in [3.8, 4) is 11.5 Å². The number of hydrogen-bond donors (Lipinski definition) is 0. The first-order chi connectivity index (χ1) is 10.6. The van der Waals surface area contributed by atoms with Crippen LogP contribution in [0.4, 0.5) is 0 Å². The highest BCUT2D eigenvalue weighted by Gasteiger charge is 2.15. The van der Waals surface area contributed by atoms with Crippen LogP contribution < -0.4 is 9.47 Å². The number of carbonyl (C=O) groups is 1. The molecule has 3 heteroatoms. The molecule has 2 aromatic rings. The lowest BCUT2D eigenvalue weighted by Gasteiger charge is -2.15. The van der Waals surface area contributed by atoms with Crippen molar-refractivity contribution in [1.82, 2.24) is 0 Å². The summed E-state index contributed by atoms with van der Waals surface area (Å²) in [6.07, 6.45) is 4.98. The van der Waals surface area contributed by atoms with E-state index in [4.69, 9.17) is 9.47 Å². The topological polar surface area (TPSA) is 35.5 Å². The average Bonchev–Trinajstić information content (AvgIpc) is 2.49. The van der Waals surface area contributed by atoms with Gasteiger partial charge in [0.2, 0.25) is 0 Å². The number of rotatable bonds is 6. The Balaban J connectivity index is 2.74. The molecule has 0 saturated carbocycles. The zero-order valence-corrected chi connectivity index (χ0v) is 13.0. The molecule has 0 amide bonds. The molecule has 114 valence electrons. The second kappa shape index (κ2) is 6.94. The molecule has 0 heterocycles. The van der Waals surface area contributed by atoms with Crippen LogP contribution in [0.25, 0.3) is 10.8 Å². The molecule has 0 aliphatic carbocycles. The first-order valence-corrected chi connectivity index (χ1v) is 7.14. The van der Waals surface area contributed by atoms with Crippen molar-refractivity contribution in [2.45, 2.75) is 19.8 Å². The second-order valence-corrected chi connectivity index (χ2v) is 4.99. The Morgan fingerprint density at radius 3 is 1.95 bits per heavy atom. The lowest BCUT2D eigenvalue weighted by Crippen LogP contribution is -2.05. The monoisotopic (exact) mass is 296 g/mol. The molecular formula is C19H20O3. The van der Waals surface area contributed by atoms with Gasteiger partial charge in [-0.25, -0.2) is 0 Å². The van der Waals surface area contributed by atoms with E-state index >= 15 is 0 Å². The molecule has 0 aromatic heterocycles. The fourth-order valence-corrected chi connectivity index (χ4v) is 2.58. The first kappa shape index (κ1) is 15.8. The maximum atomic E-state index is 11.4. The van der Waals surface area contributed by atoms with E-state index in [-0.39, 0.29) is 5.97 Å². The second-order valence-electron chi connectivity index (χ2n) is 4.99. The molecule has 2 rings (SSSR count). The Hall–Kier alpha value is -2.55. The molecule has 2 aromatic carbocycles. The molecule has 0 radical (unpaired) electrons. The molecule has 0 saturated heterocycles. The standard InChI is InChI=1S/C19H20O3/c1-5-7-14-9-12-17-16(18(14)21-4)11-10-15(8-6-2)19(17)22-13(3)20/h5-6,9-12H,1-2,7-8H2,3-4H3. The highest BCUT2D eigenvalue weighted by Crippen LogP contribution is 2.38. The number of methoxy groups -OCH3 is 1. The number of benzene rings is 2. The molecule has 0 fully saturated rings. The van der Waals surface area contributed by atoms with Crippen molar-refractivity contribution in [2.24, 2.45) is 0 Å². The maximum absolute atomic E-state index is 11.4. The van der Waals surface area contributed by atoms with E-state index in [1.807, 2.05) is 30.3 Å². The molecule has 0 unspecified atom stereocenters. The van der Waals surface area contributed by atoms with Gasteiger partial charge < -0.3 is 9.47 Å². The molecule has 0 spiro atoms. The Morgan fingerprint density at radius 2 is 1.50 bits per heavy atom. The lowest BCUT2D eigenvalue weighted by molar-refractivity contribution is -0.131. The van der Waals surface area contributed by atoms with Gasteiger partial charge in [-0.1, -0.05) is 36.4 Å². The van der Waals surface area contributed by atoms with Crippen LogP contribution >= 0.6 is 0 Å². The third kappa shape index (κ3) is 3.03. The Bertz CT molecular complexity index is 729. The van der Waals surface area contributed by atoms with Gasteiger partial charge in [0.15, 0.2) is 0 Å². The van der Waals surface area contributed by atoms with Crippen molar-refractivity contribution in [3.63, 3.8) is 0 Å². The third-order valence-corrected chi connectivity index (χ3v) is 3.44. The van der Waals surface area contributed by atoms with Gasteiger partial charge in [-0.2, -0.15) is 0 Å². The van der Waals surface area contributed by atoms with Gasteiger partial charge in [0.05, 0.1) is 7.11 Å². The molecule has 0 aliphatic rings. The van der Waals surface area contributed by atoms with E-state index in [1.54, 1.807) is 13.2 Å². The van der Waals surface area contributed by atoms with Crippen molar-refractivity contribution in [3.05, 3.63) is 60.7 Å². The smallest absolute Gasteiger partial charge is 0.308 e. The van der Waals surface area contributed by atoms with Crippen molar-refractivity contribution >= 4 is 16.7 Å². The van der Waals surface area contributed by atoms with Crippen LogP contribution in [-0.4, -0.2) is 13.1 Å². The molecule has 22 heavy (non-hydrogen) atoms. The minimum atomic E-state index is -0.341. The minimum absolute atomic E-state index is 0.341. The molecular weight excluding hydrogens is 276 g/mol. The van der Waals surface area contributed by atoms with E-state index in [9.17, 15) is 4.79 Å². The predicted molar refractivity (Wildman–Crippen MR) is 89.6 cm³/mol. The van der Waals surface area contributed by atoms with Gasteiger partial charge in [-0.15, -0.1) is 13.2 Å². The van der Waals surface area contributed by atoms with Crippen LogP contribution in [0.3, 0.4) is 0 Å². The van der Waals surface area contributed by atoms with Gasteiger partial charge in [0.25, 0.3) is 0 Å². The molecule has 0 atom stereocenters. The van der Waals surface area contributed by atoms with Gasteiger partial charge in [-0.3, -0.25) is 4.79 Å². The lowest BCUT2D eigenvalue weighted by atomic mass is 9.98. The van der Waals surface area contributed by atoms with E-state index < -0.39 is 0 Å². The zero-order valence-electron chi connectivity index (χ0n) is 13.0. The van der Waals surface area contributed by atoms with Crippen LogP contribution in [0.1, 0.15) is 18.1 Å². The van der Waals surface area contributed by atoms with Crippen LogP contribution in [0, 0.1) is 0 Å². The van der Waals surface area contributed by atoms with Gasteiger partial charge >= 0.3 is 5.97 Å². The summed E-state index contributed by atoms with van der Waals surface area (Å²) in [6, 6.07) is 7.88. The largest absolute Gasteiger partial charge is 0.496 e. The Kier molecular flexibility index (Phi) is 4.99. The minimum Gasteiger partial charge on any atom is -0.496 e. The van der Waals surface area contributed by atoms with E-state index in [0.29, 0.717) is 12.2 Å². The molecule has 0 aliphatic heterocycles. The van der Waals surface area contributed by atoms with E-state index in [1.165, 1.54) is 6.92 Å². The van der Waals surface area contributed by atoms with Gasteiger partial charge in [0, 0.05) is 17.7 Å². The molecule has 0 bridgehead atoms. The highest BCUT2D eigenvalue weighted by molar-refractivity contribution is 5.96. The van der Waals surface area contributed by atoms with E-state index in [2.05, 4.69) is 13.2 Å². The van der Waals surface area contributed by atoms with Gasteiger partial charge in [-0.05, 0) is 24.0 Å². The van der Waals surface area contributed by atoms with Crippen molar-refractivity contribution < 1.29 is 14.3 Å². The number of fused-ring (bicyclic) bond motifs is 1. The number of esters is 1. The quantitative estimate of drug-likeness (QED) is 0.454. The third-order valence-electron chi connectivity index (χ3n) is 3.44. The zero-order chi connectivity index (χ0) is 16.1.